The molecule has 2 N–H and O–H groups in total. The summed E-state index contributed by atoms with van der Waals surface area (Å²) < 4.78 is 5.16. The molecule has 0 amide bonds. The van der Waals surface area contributed by atoms with Crippen LogP contribution in [0.25, 0.3) is 0 Å². The number of carbonyl (C=O) groups excluding carboxylic acids is 1. The highest BCUT2D eigenvalue weighted by Gasteiger charge is 2.15. The minimum Gasteiger partial charge on any atom is -0.465 e. The van der Waals surface area contributed by atoms with E-state index in [-0.39, 0.29) is 5.97 Å². The maximum absolute atomic E-state index is 11.5. The van der Waals surface area contributed by atoms with Crippen molar-refractivity contribution in [2.75, 3.05) is 6.61 Å². The Balaban J connectivity index is 2.16. The molecule has 0 aliphatic rings. The van der Waals surface area contributed by atoms with Crippen molar-refractivity contribution in [1.29, 1.82) is 0 Å². The van der Waals surface area contributed by atoms with Crippen molar-refractivity contribution in [3.63, 3.8) is 0 Å². The molecule has 0 fully saturated rings. The van der Waals surface area contributed by atoms with Crippen LogP contribution >= 0.6 is 0 Å². The topological polar surface area (TPSA) is 52.3 Å². The molecular weight excluding hydrogens is 226 g/mol. The van der Waals surface area contributed by atoms with E-state index >= 15 is 0 Å². The number of ether oxygens (including phenoxy) is 1. The average molecular weight is 249 g/mol. The number of hydrogen-bond acceptors (Lipinski definition) is 3. The fourth-order valence-corrected chi connectivity index (χ4v) is 1.80. The third-order valence-corrected chi connectivity index (χ3v) is 2.73. The molecule has 0 saturated carbocycles. The van der Waals surface area contributed by atoms with Gasteiger partial charge < -0.3 is 10.5 Å². The van der Waals surface area contributed by atoms with Gasteiger partial charge in [-0.2, -0.15) is 0 Å². The lowest BCUT2D eigenvalue weighted by Crippen LogP contribution is -2.33. The fraction of sp³-hybridized carbons (Fsp3) is 0.533. The third-order valence-electron chi connectivity index (χ3n) is 2.73. The summed E-state index contributed by atoms with van der Waals surface area (Å²) in [5.74, 6) is 0.133. The Morgan fingerprint density at radius 1 is 1.28 bits per heavy atom. The van der Waals surface area contributed by atoms with E-state index in [0.717, 1.165) is 12.8 Å². The van der Waals surface area contributed by atoms with Gasteiger partial charge in [0.05, 0.1) is 6.61 Å². The first-order valence-corrected chi connectivity index (χ1v) is 6.55. The predicted molar refractivity (Wildman–Crippen MR) is 73.2 cm³/mol. The molecule has 0 unspecified atom stereocenters. The molecule has 0 radical (unpaired) electrons. The minimum atomic E-state index is -0.485. The molecular formula is C15H23NO2. The monoisotopic (exact) mass is 249 g/mol. The van der Waals surface area contributed by atoms with Gasteiger partial charge in [0, 0.05) is 0 Å². The summed E-state index contributed by atoms with van der Waals surface area (Å²) >= 11 is 0. The molecule has 0 aliphatic carbocycles. The van der Waals surface area contributed by atoms with Crippen LogP contribution in [0.15, 0.2) is 30.3 Å². The Morgan fingerprint density at radius 3 is 2.56 bits per heavy atom. The van der Waals surface area contributed by atoms with Crippen molar-refractivity contribution < 1.29 is 9.53 Å². The SMILES string of the molecule is CC(C)C[C@@H](N)C(=O)OCCCc1ccccc1. The van der Waals surface area contributed by atoms with Gasteiger partial charge >= 0.3 is 5.97 Å². The van der Waals surface area contributed by atoms with E-state index < -0.39 is 6.04 Å². The first-order chi connectivity index (χ1) is 8.59. The van der Waals surface area contributed by atoms with Gasteiger partial charge in [-0.15, -0.1) is 0 Å². The van der Waals surface area contributed by atoms with Crippen molar-refractivity contribution in [2.45, 2.75) is 39.2 Å². The number of nitrogens with two attached hydrogens (primary N) is 1. The zero-order valence-electron chi connectivity index (χ0n) is 11.3. The Bertz CT molecular complexity index is 349. The second kappa shape index (κ2) is 7.88. The smallest absolute Gasteiger partial charge is 0.322 e. The molecule has 0 saturated heterocycles. The van der Waals surface area contributed by atoms with Crippen LogP contribution < -0.4 is 5.73 Å². The molecule has 0 aromatic heterocycles. The Morgan fingerprint density at radius 2 is 1.94 bits per heavy atom. The number of carbonyl (C=O) groups is 1. The van der Waals surface area contributed by atoms with Crippen LogP contribution in [0.1, 0.15) is 32.3 Å². The highest BCUT2D eigenvalue weighted by Crippen LogP contribution is 2.05. The molecule has 1 aromatic carbocycles. The van der Waals surface area contributed by atoms with Gasteiger partial charge in [-0.3, -0.25) is 4.79 Å². The van der Waals surface area contributed by atoms with Gasteiger partial charge in [0.2, 0.25) is 0 Å². The maximum atomic E-state index is 11.5. The highest BCUT2D eigenvalue weighted by molar-refractivity contribution is 5.75. The van der Waals surface area contributed by atoms with E-state index in [1.165, 1.54) is 5.56 Å². The van der Waals surface area contributed by atoms with Crippen LogP contribution in [-0.4, -0.2) is 18.6 Å². The molecule has 3 heteroatoms. The number of hydrogen-bond donors (Lipinski definition) is 1. The van der Waals surface area contributed by atoms with Crippen molar-refractivity contribution in [1.82, 2.24) is 0 Å². The number of rotatable bonds is 7. The Hall–Kier alpha value is -1.35. The molecule has 1 atom stereocenters. The first-order valence-electron chi connectivity index (χ1n) is 6.55. The highest BCUT2D eigenvalue weighted by atomic mass is 16.5. The van der Waals surface area contributed by atoms with Crippen LogP contribution in [0, 0.1) is 5.92 Å². The molecule has 1 aromatic rings. The van der Waals surface area contributed by atoms with Gasteiger partial charge in [0.25, 0.3) is 0 Å². The summed E-state index contributed by atoms with van der Waals surface area (Å²) in [6.45, 7) is 4.53. The van der Waals surface area contributed by atoms with E-state index in [4.69, 9.17) is 10.5 Å². The summed E-state index contributed by atoms with van der Waals surface area (Å²) in [6, 6.07) is 9.69. The summed E-state index contributed by atoms with van der Waals surface area (Å²) in [4.78, 5) is 11.5. The van der Waals surface area contributed by atoms with E-state index in [0.29, 0.717) is 18.9 Å². The van der Waals surface area contributed by atoms with Gasteiger partial charge in [-0.25, -0.2) is 0 Å². The zero-order valence-corrected chi connectivity index (χ0v) is 11.3. The van der Waals surface area contributed by atoms with Crippen molar-refractivity contribution in [3.05, 3.63) is 35.9 Å². The molecule has 3 nitrogen and oxygen atoms in total. The lowest BCUT2D eigenvalue weighted by Gasteiger charge is -2.13. The summed E-state index contributed by atoms with van der Waals surface area (Å²) in [5, 5.41) is 0. The zero-order chi connectivity index (χ0) is 13.4. The van der Waals surface area contributed by atoms with Crippen LogP contribution in [0.5, 0.6) is 0 Å². The van der Waals surface area contributed by atoms with E-state index in [9.17, 15) is 4.79 Å². The molecule has 0 bridgehead atoms. The van der Waals surface area contributed by atoms with Gasteiger partial charge in [0.15, 0.2) is 0 Å². The quantitative estimate of drug-likeness (QED) is 0.597. The average Bonchev–Trinajstić information content (AvgIpc) is 2.34. The van der Waals surface area contributed by atoms with E-state index in [2.05, 4.69) is 12.1 Å². The third kappa shape index (κ3) is 5.82. The molecule has 18 heavy (non-hydrogen) atoms. The van der Waals surface area contributed by atoms with E-state index in [1.54, 1.807) is 0 Å². The molecule has 0 heterocycles. The van der Waals surface area contributed by atoms with Gasteiger partial charge in [-0.1, -0.05) is 44.2 Å². The second-order valence-electron chi connectivity index (χ2n) is 4.99. The lowest BCUT2D eigenvalue weighted by molar-refractivity contribution is -0.145. The van der Waals surface area contributed by atoms with E-state index in [1.807, 2.05) is 32.0 Å². The predicted octanol–water partition coefficient (Wildman–Crippen LogP) is 2.54. The summed E-state index contributed by atoms with van der Waals surface area (Å²) in [6.07, 6.45) is 2.44. The summed E-state index contributed by atoms with van der Waals surface area (Å²) in [5.41, 5.74) is 7.00. The molecule has 0 spiro atoms. The summed E-state index contributed by atoms with van der Waals surface area (Å²) in [7, 11) is 0. The maximum Gasteiger partial charge on any atom is 0.322 e. The van der Waals surface area contributed by atoms with Crippen LogP contribution in [0.3, 0.4) is 0 Å². The lowest BCUT2D eigenvalue weighted by atomic mass is 10.1. The van der Waals surface area contributed by atoms with Gasteiger partial charge in [0.1, 0.15) is 6.04 Å². The first kappa shape index (κ1) is 14.7. The molecule has 100 valence electrons. The number of aryl methyl sites for hydroxylation is 1. The number of esters is 1. The minimum absolute atomic E-state index is 0.281. The molecule has 0 aliphatic heterocycles. The van der Waals surface area contributed by atoms with Crippen LogP contribution in [-0.2, 0) is 16.0 Å². The van der Waals surface area contributed by atoms with Crippen molar-refractivity contribution >= 4 is 5.97 Å². The normalized spacial score (nSPS) is 12.4. The Labute approximate surface area is 109 Å². The van der Waals surface area contributed by atoms with Crippen molar-refractivity contribution in [3.8, 4) is 0 Å². The Kier molecular flexibility index (Phi) is 6.44. The molecule has 1 rings (SSSR count). The van der Waals surface area contributed by atoms with Crippen molar-refractivity contribution in [2.24, 2.45) is 11.7 Å². The van der Waals surface area contributed by atoms with Crippen LogP contribution in [0.2, 0.25) is 0 Å². The standard InChI is InChI=1S/C15H23NO2/c1-12(2)11-14(16)15(17)18-10-6-9-13-7-4-3-5-8-13/h3-5,7-8,12,14H,6,9-11,16H2,1-2H3/t14-/m1/s1. The second-order valence-corrected chi connectivity index (χ2v) is 4.99. The van der Waals surface area contributed by atoms with Gasteiger partial charge in [-0.05, 0) is 30.7 Å². The fourth-order valence-electron chi connectivity index (χ4n) is 1.80. The number of benzene rings is 1. The van der Waals surface area contributed by atoms with Crippen LogP contribution in [0.4, 0.5) is 0 Å². The largest absolute Gasteiger partial charge is 0.465 e.